The Labute approximate surface area is 119 Å². The van der Waals surface area contributed by atoms with Crippen LogP contribution in [0.25, 0.3) is 0 Å². The van der Waals surface area contributed by atoms with Crippen LogP contribution in [0.15, 0.2) is 24.3 Å². The Hall–Kier alpha value is -2.48. The summed E-state index contributed by atoms with van der Waals surface area (Å²) in [5, 5.41) is 29.2. The van der Waals surface area contributed by atoms with Gasteiger partial charge in [-0.05, 0) is 18.4 Å². The van der Waals surface area contributed by atoms with E-state index in [-0.39, 0.29) is 5.69 Å². The third-order valence-electron chi connectivity index (χ3n) is 3.56. The number of hydrogen-bond acceptors (Lipinski definition) is 5. The summed E-state index contributed by atoms with van der Waals surface area (Å²) in [6.45, 7) is 0.366. The molecule has 112 valence electrons. The number of carboxylic acid groups (broad SMARTS) is 2. The Morgan fingerprint density at radius 2 is 1.90 bits per heavy atom. The number of nitro benzene ring substituents is 1. The fourth-order valence-electron chi connectivity index (χ4n) is 2.62. The minimum Gasteiger partial charge on any atom is -0.480 e. The van der Waals surface area contributed by atoms with Gasteiger partial charge in [0.15, 0.2) is 0 Å². The van der Waals surface area contributed by atoms with Crippen molar-refractivity contribution >= 4 is 17.6 Å². The van der Waals surface area contributed by atoms with Gasteiger partial charge in [0.05, 0.1) is 4.92 Å². The predicted octanol–water partition coefficient (Wildman–Crippen LogP) is 1.27. The maximum Gasteiger partial charge on any atom is 0.325 e. The number of hydrogen-bond donors (Lipinski definition) is 2. The predicted molar refractivity (Wildman–Crippen MR) is 70.8 cm³/mol. The number of benzene rings is 1. The van der Waals surface area contributed by atoms with Gasteiger partial charge in [-0.2, -0.15) is 0 Å². The van der Waals surface area contributed by atoms with E-state index >= 15 is 0 Å². The van der Waals surface area contributed by atoms with E-state index in [9.17, 15) is 24.8 Å². The quantitative estimate of drug-likeness (QED) is 0.619. The van der Waals surface area contributed by atoms with Crippen molar-refractivity contribution in [1.29, 1.82) is 0 Å². The number of nitrogens with zero attached hydrogens (tertiary/aromatic N) is 2. The van der Waals surface area contributed by atoms with Crippen LogP contribution in [0.2, 0.25) is 0 Å². The monoisotopic (exact) mass is 294 g/mol. The first-order chi connectivity index (χ1) is 9.91. The van der Waals surface area contributed by atoms with Crippen molar-refractivity contribution in [2.45, 2.75) is 24.9 Å². The zero-order valence-electron chi connectivity index (χ0n) is 11.0. The summed E-state index contributed by atoms with van der Waals surface area (Å²) < 4.78 is 0. The zero-order chi connectivity index (χ0) is 15.6. The maximum atomic E-state index is 11.5. The van der Waals surface area contributed by atoms with Crippen LogP contribution >= 0.6 is 0 Å². The number of carbonyl (C=O) groups is 2. The topological polar surface area (TPSA) is 121 Å². The van der Waals surface area contributed by atoms with Crippen LogP contribution < -0.4 is 0 Å². The lowest BCUT2D eigenvalue weighted by Gasteiger charge is -2.28. The van der Waals surface area contributed by atoms with Crippen LogP contribution in [0.5, 0.6) is 0 Å². The lowest BCUT2D eigenvalue weighted by molar-refractivity contribution is -0.384. The number of carboxylic acids is 2. The van der Waals surface area contributed by atoms with Gasteiger partial charge in [-0.25, -0.2) is 0 Å². The molecule has 1 aliphatic rings. The number of rotatable bonds is 5. The highest BCUT2D eigenvalue weighted by Crippen LogP contribution is 2.30. The van der Waals surface area contributed by atoms with E-state index in [1.807, 2.05) is 0 Å². The lowest BCUT2D eigenvalue weighted by atomic mass is 10.0. The van der Waals surface area contributed by atoms with Crippen LogP contribution in [-0.2, 0) is 9.59 Å². The minimum absolute atomic E-state index is 0.140. The summed E-state index contributed by atoms with van der Waals surface area (Å²) in [4.78, 5) is 34.1. The Bertz CT molecular complexity index is 571. The van der Waals surface area contributed by atoms with E-state index in [4.69, 9.17) is 5.11 Å². The van der Waals surface area contributed by atoms with E-state index in [2.05, 4.69) is 0 Å². The molecule has 1 aromatic rings. The molecule has 0 aromatic heterocycles. The average Bonchev–Trinajstić information content (AvgIpc) is 2.88. The summed E-state index contributed by atoms with van der Waals surface area (Å²) >= 11 is 0. The molecule has 8 nitrogen and oxygen atoms in total. The molecule has 21 heavy (non-hydrogen) atoms. The van der Waals surface area contributed by atoms with Crippen LogP contribution in [0, 0.1) is 10.1 Å². The molecule has 2 rings (SSSR count). The summed E-state index contributed by atoms with van der Waals surface area (Å²) in [6.07, 6.45) is 1.000. The maximum absolute atomic E-state index is 11.5. The molecule has 0 amide bonds. The second-order valence-corrected chi connectivity index (χ2v) is 4.82. The summed E-state index contributed by atoms with van der Waals surface area (Å²) in [7, 11) is 0. The highest BCUT2D eigenvalue weighted by atomic mass is 16.6. The molecule has 1 aromatic carbocycles. The van der Waals surface area contributed by atoms with Gasteiger partial charge in [0.1, 0.15) is 12.1 Å². The first kappa shape index (κ1) is 14.9. The van der Waals surface area contributed by atoms with Crippen molar-refractivity contribution in [1.82, 2.24) is 4.90 Å². The molecule has 0 spiro atoms. The molecular formula is C13H14N2O6. The third-order valence-corrected chi connectivity index (χ3v) is 3.56. The first-order valence-corrected chi connectivity index (χ1v) is 6.37. The highest BCUT2D eigenvalue weighted by molar-refractivity contribution is 5.79. The van der Waals surface area contributed by atoms with Crippen molar-refractivity contribution in [2.24, 2.45) is 0 Å². The zero-order valence-corrected chi connectivity index (χ0v) is 11.0. The summed E-state index contributed by atoms with van der Waals surface area (Å²) in [5.74, 6) is -2.22. The molecular weight excluding hydrogens is 280 g/mol. The van der Waals surface area contributed by atoms with Gasteiger partial charge >= 0.3 is 11.9 Å². The normalized spacial score (nSPS) is 20.1. The fraction of sp³-hybridized carbons (Fsp3) is 0.385. The second kappa shape index (κ2) is 5.88. The average molecular weight is 294 g/mol. The van der Waals surface area contributed by atoms with Gasteiger partial charge in [-0.3, -0.25) is 24.6 Å². The van der Waals surface area contributed by atoms with Crippen molar-refractivity contribution in [3.63, 3.8) is 0 Å². The molecule has 0 aliphatic carbocycles. The van der Waals surface area contributed by atoms with Gasteiger partial charge in [0.25, 0.3) is 5.69 Å². The molecule has 1 saturated heterocycles. The third kappa shape index (κ3) is 3.00. The van der Waals surface area contributed by atoms with Gasteiger partial charge in [-0.15, -0.1) is 0 Å². The molecule has 8 heteroatoms. The van der Waals surface area contributed by atoms with Crippen molar-refractivity contribution in [3.8, 4) is 0 Å². The number of non-ortho nitro benzene ring substituents is 1. The summed E-state index contributed by atoms with van der Waals surface area (Å²) in [5.41, 5.74) is 0.195. The number of nitro groups is 1. The van der Waals surface area contributed by atoms with Gasteiger partial charge in [-0.1, -0.05) is 12.1 Å². The first-order valence-electron chi connectivity index (χ1n) is 6.37. The Morgan fingerprint density at radius 3 is 2.38 bits per heavy atom. The minimum atomic E-state index is -1.17. The van der Waals surface area contributed by atoms with Gasteiger partial charge < -0.3 is 10.2 Å². The fourth-order valence-corrected chi connectivity index (χ4v) is 2.62. The molecule has 2 unspecified atom stereocenters. The number of likely N-dealkylation sites (tertiary alicyclic amines) is 1. The van der Waals surface area contributed by atoms with Crippen molar-refractivity contribution in [2.75, 3.05) is 6.54 Å². The second-order valence-electron chi connectivity index (χ2n) is 4.82. The van der Waals surface area contributed by atoms with E-state index in [1.165, 1.54) is 29.2 Å². The molecule has 2 atom stereocenters. The van der Waals surface area contributed by atoms with Crippen molar-refractivity contribution in [3.05, 3.63) is 39.9 Å². The SMILES string of the molecule is O=C(O)C1CCCN1C(C(=O)O)c1ccc([N+](=O)[O-])cc1. The van der Waals surface area contributed by atoms with Crippen LogP contribution in [0.3, 0.4) is 0 Å². The van der Waals surface area contributed by atoms with Gasteiger partial charge in [0, 0.05) is 18.7 Å². The molecule has 0 bridgehead atoms. The van der Waals surface area contributed by atoms with E-state index in [0.29, 0.717) is 24.9 Å². The molecule has 1 fully saturated rings. The Kier molecular flexibility index (Phi) is 4.18. The Balaban J connectivity index is 2.33. The van der Waals surface area contributed by atoms with Crippen LogP contribution in [0.4, 0.5) is 5.69 Å². The van der Waals surface area contributed by atoms with E-state index in [1.54, 1.807) is 0 Å². The van der Waals surface area contributed by atoms with Gasteiger partial charge in [0.2, 0.25) is 0 Å². The van der Waals surface area contributed by atoms with Crippen LogP contribution in [-0.4, -0.2) is 44.6 Å². The Morgan fingerprint density at radius 1 is 1.29 bits per heavy atom. The van der Waals surface area contributed by atoms with Crippen molar-refractivity contribution < 1.29 is 24.7 Å². The largest absolute Gasteiger partial charge is 0.480 e. The standard InChI is InChI=1S/C13H14N2O6/c16-12(17)10-2-1-7-14(10)11(13(18)19)8-3-5-9(6-4-8)15(20)21/h3-6,10-11H,1-2,7H2,(H,16,17)(H,18,19). The molecule has 2 N–H and O–H groups in total. The molecule has 1 heterocycles. The highest BCUT2D eigenvalue weighted by Gasteiger charge is 2.39. The number of aliphatic carboxylic acids is 2. The molecule has 0 radical (unpaired) electrons. The van der Waals surface area contributed by atoms with Crippen LogP contribution in [0.1, 0.15) is 24.4 Å². The van der Waals surface area contributed by atoms with E-state index in [0.717, 1.165) is 0 Å². The smallest absolute Gasteiger partial charge is 0.325 e. The lowest BCUT2D eigenvalue weighted by Crippen LogP contribution is -2.41. The molecule has 1 aliphatic heterocycles. The summed E-state index contributed by atoms with van der Waals surface area (Å²) in [6, 6.07) is 3.19. The van der Waals surface area contributed by atoms with E-state index < -0.39 is 28.9 Å². The molecule has 0 saturated carbocycles.